The van der Waals surface area contributed by atoms with E-state index in [4.69, 9.17) is 14.2 Å². The fourth-order valence-electron chi connectivity index (χ4n) is 2.52. The fourth-order valence-corrected chi connectivity index (χ4v) is 2.52. The second-order valence-electron chi connectivity index (χ2n) is 5.72. The third-order valence-electron chi connectivity index (χ3n) is 3.96. The summed E-state index contributed by atoms with van der Waals surface area (Å²) in [5.74, 6) is 0.190. The molecule has 3 rings (SSSR count). The number of benzene rings is 2. The maximum absolute atomic E-state index is 12.3. The lowest BCUT2D eigenvalue weighted by Crippen LogP contribution is -2.24. The molecule has 28 heavy (non-hydrogen) atoms. The Kier molecular flexibility index (Phi) is 5.77. The number of anilines is 1. The van der Waals surface area contributed by atoms with Crippen molar-refractivity contribution in [3.63, 3.8) is 0 Å². The summed E-state index contributed by atoms with van der Waals surface area (Å²) in [6.45, 7) is 0.387. The second kappa shape index (κ2) is 8.60. The van der Waals surface area contributed by atoms with Crippen molar-refractivity contribution in [1.29, 1.82) is 5.26 Å². The highest BCUT2D eigenvalue weighted by Crippen LogP contribution is 2.32. The molecule has 1 aliphatic rings. The summed E-state index contributed by atoms with van der Waals surface area (Å²) >= 11 is 0. The van der Waals surface area contributed by atoms with Crippen molar-refractivity contribution in [2.24, 2.45) is 0 Å². The predicted octanol–water partition coefficient (Wildman–Crippen LogP) is 2.34. The van der Waals surface area contributed by atoms with E-state index in [2.05, 4.69) is 10.6 Å². The van der Waals surface area contributed by atoms with E-state index in [0.29, 0.717) is 22.7 Å². The molecule has 0 saturated carbocycles. The summed E-state index contributed by atoms with van der Waals surface area (Å²) in [7, 11) is 1.28. The van der Waals surface area contributed by atoms with E-state index in [0.717, 1.165) is 5.56 Å². The second-order valence-corrected chi connectivity index (χ2v) is 5.72. The van der Waals surface area contributed by atoms with E-state index < -0.39 is 11.9 Å². The first-order valence-corrected chi connectivity index (χ1v) is 8.33. The van der Waals surface area contributed by atoms with Gasteiger partial charge in [-0.2, -0.15) is 5.26 Å². The first-order chi connectivity index (χ1) is 13.6. The summed E-state index contributed by atoms with van der Waals surface area (Å²) in [6.07, 6.45) is 1.25. The number of methoxy groups -OCH3 is 1. The van der Waals surface area contributed by atoms with Crippen molar-refractivity contribution >= 4 is 17.6 Å². The molecule has 0 saturated heterocycles. The highest BCUT2D eigenvalue weighted by atomic mass is 16.7. The number of nitrogens with zero attached hydrogens (tertiary/aromatic N) is 1. The number of carbonyl (C=O) groups excluding carboxylic acids is 2. The average molecular weight is 379 g/mol. The smallest absolute Gasteiger partial charge is 0.339 e. The van der Waals surface area contributed by atoms with Crippen molar-refractivity contribution in [1.82, 2.24) is 5.32 Å². The van der Waals surface area contributed by atoms with Crippen molar-refractivity contribution in [2.45, 2.75) is 6.54 Å². The van der Waals surface area contributed by atoms with Crippen molar-refractivity contribution in [2.75, 3.05) is 19.2 Å². The zero-order valence-electron chi connectivity index (χ0n) is 15.0. The standard InChI is InChI=1S/C20H17N3O5/c1-26-20(25)15-4-2-3-5-16(15)22-11-14(9-21)19(24)23-10-13-6-7-17-18(8-13)28-12-27-17/h2-8,11,22H,10,12H2,1H3,(H,23,24)/b14-11-. The Hall–Kier alpha value is -3.99. The summed E-state index contributed by atoms with van der Waals surface area (Å²) in [6, 6.07) is 13.8. The number of hydrogen-bond donors (Lipinski definition) is 2. The molecule has 0 aliphatic carbocycles. The highest BCUT2D eigenvalue weighted by Gasteiger charge is 2.15. The van der Waals surface area contributed by atoms with Crippen LogP contribution in [0.25, 0.3) is 0 Å². The molecule has 1 amide bonds. The van der Waals surface area contributed by atoms with Crippen molar-refractivity contribution < 1.29 is 23.8 Å². The molecule has 8 heteroatoms. The number of para-hydroxylation sites is 1. The minimum Gasteiger partial charge on any atom is -0.465 e. The number of ether oxygens (including phenoxy) is 3. The first kappa shape index (κ1) is 18.8. The Morgan fingerprint density at radius 1 is 1.21 bits per heavy atom. The lowest BCUT2D eigenvalue weighted by molar-refractivity contribution is -0.117. The fraction of sp³-hybridized carbons (Fsp3) is 0.150. The maximum atomic E-state index is 12.3. The number of carbonyl (C=O) groups is 2. The third kappa shape index (κ3) is 4.22. The SMILES string of the molecule is COC(=O)c1ccccc1N/C=C(/C#N)C(=O)NCc1ccc2c(c1)OCO2. The van der Waals surface area contributed by atoms with Gasteiger partial charge >= 0.3 is 5.97 Å². The van der Waals surface area contributed by atoms with Gasteiger partial charge in [0.15, 0.2) is 11.5 Å². The number of esters is 1. The van der Waals surface area contributed by atoms with E-state index in [1.165, 1.54) is 13.3 Å². The van der Waals surface area contributed by atoms with Gasteiger partial charge in [-0.1, -0.05) is 18.2 Å². The lowest BCUT2D eigenvalue weighted by atomic mass is 10.1. The van der Waals surface area contributed by atoms with Gasteiger partial charge in [0.1, 0.15) is 11.6 Å². The van der Waals surface area contributed by atoms with Crippen LogP contribution in [-0.2, 0) is 16.1 Å². The van der Waals surface area contributed by atoms with Gasteiger partial charge in [-0.15, -0.1) is 0 Å². The van der Waals surface area contributed by atoms with Crippen LogP contribution in [0, 0.1) is 11.3 Å². The number of nitriles is 1. The number of rotatable bonds is 6. The zero-order valence-corrected chi connectivity index (χ0v) is 15.0. The predicted molar refractivity (Wildman–Crippen MR) is 99.5 cm³/mol. The normalized spacial score (nSPS) is 12.1. The Morgan fingerprint density at radius 2 is 2.00 bits per heavy atom. The molecular formula is C20H17N3O5. The molecule has 1 aliphatic heterocycles. The van der Waals surface area contributed by atoms with Crippen LogP contribution in [0.5, 0.6) is 11.5 Å². The lowest BCUT2D eigenvalue weighted by Gasteiger charge is -2.08. The maximum Gasteiger partial charge on any atom is 0.339 e. The van der Waals surface area contributed by atoms with Crippen LogP contribution < -0.4 is 20.1 Å². The monoisotopic (exact) mass is 379 g/mol. The molecule has 0 spiro atoms. The molecule has 0 fully saturated rings. The Balaban J connectivity index is 1.65. The van der Waals surface area contributed by atoms with E-state index in [1.54, 1.807) is 42.5 Å². The van der Waals surface area contributed by atoms with Gasteiger partial charge in [0, 0.05) is 12.7 Å². The van der Waals surface area contributed by atoms with Gasteiger partial charge in [-0.25, -0.2) is 4.79 Å². The van der Waals surface area contributed by atoms with E-state index in [9.17, 15) is 14.9 Å². The van der Waals surface area contributed by atoms with Crippen molar-refractivity contribution in [3.05, 3.63) is 65.4 Å². The Labute approximate surface area is 161 Å². The molecule has 1 heterocycles. The molecule has 142 valence electrons. The Morgan fingerprint density at radius 3 is 2.79 bits per heavy atom. The molecule has 8 nitrogen and oxygen atoms in total. The van der Waals surface area contributed by atoms with Crippen LogP contribution >= 0.6 is 0 Å². The van der Waals surface area contributed by atoms with Crippen LogP contribution in [0.1, 0.15) is 15.9 Å². The number of fused-ring (bicyclic) bond motifs is 1. The van der Waals surface area contributed by atoms with Crippen LogP contribution in [0.2, 0.25) is 0 Å². The molecule has 0 radical (unpaired) electrons. The third-order valence-corrected chi connectivity index (χ3v) is 3.96. The molecule has 0 bridgehead atoms. The molecule has 2 aromatic rings. The summed E-state index contributed by atoms with van der Waals surface area (Å²) < 4.78 is 15.2. The largest absolute Gasteiger partial charge is 0.465 e. The topological polar surface area (TPSA) is 110 Å². The molecule has 0 unspecified atom stereocenters. The first-order valence-electron chi connectivity index (χ1n) is 8.33. The van der Waals surface area contributed by atoms with Gasteiger partial charge in [-0.05, 0) is 29.8 Å². The quantitative estimate of drug-likeness (QED) is 0.450. The summed E-state index contributed by atoms with van der Waals surface area (Å²) in [5.41, 5.74) is 1.38. The highest BCUT2D eigenvalue weighted by molar-refractivity contribution is 5.98. The van der Waals surface area contributed by atoms with Crippen LogP contribution in [0.4, 0.5) is 5.69 Å². The summed E-state index contributed by atoms with van der Waals surface area (Å²) in [5, 5.41) is 14.8. The number of nitrogens with one attached hydrogen (secondary N) is 2. The average Bonchev–Trinajstić information content (AvgIpc) is 3.20. The van der Waals surface area contributed by atoms with Gasteiger partial charge in [-0.3, -0.25) is 4.79 Å². The molecule has 2 aromatic carbocycles. The summed E-state index contributed by atoms with van der Waals surface area (Å²) in [4.78, 5) is 24.1. The van der Waals surface area contributed by atoms with Gasteiger partial charge < -0.3 is 24.8 Å². The van der Waals surface area contributed by atoms with Gasteiger partial charge in [0.2, 0.25) is 6.79 Å². The minimum absolute atomic E-state index is 0.139. The Bertz CT molecular complexity index is 978. The van der Waals surface area contributed by atoms with Gasteiger partial charge in [0.25, 0.3) is 5.91 Å². The van der Waals surface area contributed by atoms with Crippen LogP contribution in [0.15, 0.2) is 54.2 Å². The molecule has 0 atom stereocenters. The molecular weight excluding hydrogens is 362 g/mol. The van der Waals surface area contributed by atoms with Crippen LogP contribution in [0.3, 0.4) is 0 Å². The number of amides is 1. The van der Waals surface area contributed by atoms with Crippen LogP contribution in [-0.4, -0.2) is 25.8 Å². The minimum atomic E-state index is -0.553. The van der Waals surface area contributed by atoms with E-state index in [1.807, 2.05) is 6.07 Å². The van der Waals surface area contributed by atoms with E-state index in [-0.39, 0.29) is 18.9 Å². The number of hydrogen-bond acceptors (Lipinski definition) is 7. The molecule has 0 aromatic heterocycles. The molecule has 2 N–H and O–H groups in total. The van der Waals surface area contributed by atoms with E-state index >= 15 is 0 Å². The van der Waals surface area contributed by atoms with Gasteiger partial charge in [0.05, 0.1) is 18.4 Å². The van der Waals surface area contributed by atoms with Crippen molar-refractivity contribution in [3.8, 4) is 17.6 Å². The zero-order chi connectivity index (χ0) is 19.9.